The molecule has 2 aromatic rings. The number of hydrogen-bond acceptors (Lipinski definition) is 4. The van der Waals surface area contributed by atoms with Crippen molar-refractivity contribution < 1.29 is 17.9 Å². The zero-order valence-electron chi connectivity index (χ0n) is 17.4. The third-order valence-electron chi connectivity index (χ3n) is 4.63. The van der Waals surface area contributed by atoms with E-state index in [0.29, 0.717) is 11.5 Å². The molecule has 1 atom stereocenters. The van der Waals surface area contributed by atoms with E-state index in [9.17, 15) is 13.2 Å². The van der Waals surface area contributed by atoms with Crippen molar-refractivity contribution >= 4 is 22.0 Å². The quantitative estimate of drug-likeness (QED) is 0.644. The molecule has 2 rings (SSSR count). The highest BCUT2D eigenvalue weighted by molar-refractivity contribution is 7.89. The average molecular weight is 417 g/mol. The molecule has 6 nitrogen and oxygen atoms in total. The average Bonchev–Trinajstić information content (AvgIpc) is 2.72. The van der Waals surface area contributed by atoms with E-state index in [2.05, 4.69) is 36.0 Å². The lowest BCUT2D eigenvalue weighted by Crippen LogP contribution is -2.24. The number of carbonyl (C=O) groups excluding carboxylic acids is 1. The van der Waals surface area contributed by atoms with Crippen LogP contribution in [0.5, 0.6) is 5.75 Å². The molecule has 0 aliphatic rings. The maximum Gasteiger partial charge on any atom is 0.244 e. The van der Waals surface area contributed by atoms with Crippen molar-refractivity contribution in [3.8, 4) is 5.75 Å². The van der Waals surface area contributed by atoms with Gasteiger partial charge in [0, 0.05) is 6.08 Å². The van der Waals surface area contributed by atoms with E-state index in [1.165, 1.54) is 31.9 Å². The smallest absolute Gasteiger partial charge is 0.244 e. The molecule has 0 saturated heterocycles. The van der Waals surface area contributed by atoms with Gasteiger partial charge >= 0.3 is 0 Å². The molecule has 0 fully saturated rings. The highest BCUT2D eigenvalue weighted by Crippen LogP contribution is 2.25. The van der Waals surface area contributed by atoms with Gasteiger partial charge in [0.1, 0.15) is 10.6 Å². The van der Waals surface area contributed by atoms with Crippen LogP contribution in [0.15, 0.2) is 53.4 Å². The lowest BCUT2D eigenvalue weighted by atomic mass is 9.99. The van der Waals surface area contributed by atoms with Crippen LogP contribution in [0.25, 0.3) is 6.08 Å². The fourth-order valence-electron chi connectivity index (χ4n) is 2.80. The highest BCUT2D eigenvalue weighted by atomic mass is 32.2. The minimum atomic E-state index is -3.68. The predicted molar refractivity (Wildman–Crippen MR) is 115 cm³/mol. The van der Waals surface area contributed by atoms with Crippen molar-refractivity contribution in [3.05, 3.63) is 65.2 Å². The van der Waals surface area contributed by atoms with Gasteiger partial charge in [-0.2, -0.15) is 0 Å². The van der Waals surface area contributed by atoms with Gasteiger partial charge in [0.25, 0.3) is 0 Å². The Bertz CT molecular complexity index is 980. The van der Waals surface area contributed by atoms with E-state index in [1.54, 1.807) is 18.2 Å². The van der Waals surface area contributed by atoms with E-state index < -0.39 is 10.0 Å². The molecule has 0 spiro atoms. The van der Waals surface area contributed by atoms with Crippen LogP contribution in [0.4, 0.5) is 0 Å². The fraction of sp³-hybridized carbons (Fsp3) is 0.318. The van der Waals surface area contributed by atoms with Gasteiger partial charge in [-0.25, -0.2) is 13.1 Å². The van der Waals surface area contributed by atoms with Gasteiger partial charge in [-0.3, -0.25) is 4.79 Å². The summed E-state index contributed by atoms with van der Waals surface area (Å²) in [5.41, 5.74) is 2.84. The minimum absolute atomic E-state index is 0.0173. The lowest BCUT2D eigenvalue weighted by molar-refractivity contribution is -0.117. The Kier molecular flexibility index (Phi) is 7.59. The number of ether oxygens (including phenoxy) is 1. The summed E-state index contributed by atoms with van der Waals surface area (Å²) in [6.45, 7) is 6.19. The van der Waals surface area contributed by atoms with E-state index in [-0.39, 0.29) is 22.6 Å². The van der Waals surface area contributed by atoms with Crippen LogP contribution in [0.1, 0.15) is 49.4 Å². The topological polar surface area (TPSA) is 84.5 Å². The van der Waals surface area contributed by atoms with Crippen LogP contribution in [-0.4, -0.2) is 28.5 Å². The second-order valence-electron chi connectivity index (χ2n) is 7.00. The molecule has 2 N–H and O–H groups in total. The molecular formula is C22H28N2O4S. The summed E-state index contributed by atoms with van der Waals surface area (Å²) in [7, 11) is -0.938. The van der Waals surface area contributed by atoms with Gasteiger partial charge in [0.15, 0.2) is 0 Å². The van der Waals surface area contributed by atoms with Crippen molar-refractivity contribution in [2.75, 3.05) is 14.2 Å². The predicted octanol–water partition coefficient (Wildman–Crippen LogP) is 3.62. The zero-order chi connectivity index (χ0) is 21.6. The van der Waals surface area contributed by atoms with Gasteiger partial charge in [-0.15, -0.1) is 0 Å². The van der Waals surface area contributed by atoms with E-state index in [1.807, 2.05) is 19.1 Å². The van der Waals surface area contributed by atoms with E-state index in [0.717, 1.165) is 5.56 Å². The van der Waals surface area contributed by atoms with Crippen LogP contribution in [0.3, 0.4) is 0 Å². The van der Waals surface area contributed by atoms with Crippen molar-refractivity contribution in [2.45, 2.75) is 37.6 Å². The summed E-state index contributed by atoms with van der Waals surface area (Å²) in [6, 6.07) is 12.7. The number of rotatable bonds is 8. The van der Waals surface area contributed by atoms with E-state index >= 15 is 0 Å². The molecule has 1 amide bonds. The van der Waals surface area contributed by atoms with Crippen molar-refractivity contribution in [1.29, 1.82) is 0 Å². The van der Waals surface area contributed by atoms with Crippen molar-refractivity contribution in [3.63, 3.8) is 0 Å². The molecule has 0 saturated carbocycles. The second-order valence-corrected chi connectivity index (χ2v) is 8.86. The summed E-state index contributed by atoms with van der Waals surface area (Å²) in [5, 5.41) is 2.91. The van der Waals surface area contributed by atoms with Gasteiger partial charge in [-0.1, -0.05) is 44.2 Å². The molecule has 7 heteroatoms. The van der Waals surface area contributed by atoms with Crippen LogP contribution in [0, 0.1) is 0 Å². The first kappa shape index (κ1) is 22.6. The number of carbonyl (C=O) groups is 1. The number of amides is 1. The molecule has 0 aliphatic heterocycles. The first-order valence-corrected chi connectivity index (χ1v) is 10.9. The summed E-state index contributed by atoms with van der Waals surface area (Å²) < 4.78 is 31.7. The Morgan fingerprint density at radius 1 is 1.03 bits per heavy atom. The molecule has 0 aromatic heterocycles. The maximum atomic E-state index is 12.3. The Morgan fingerprint density at radius 2 is 1.66 bits per heavy atom. The van der Waals surface area contributed by atoms with Crippen molar-refractivity contribution in [1.82, 2.24) is 10.0 Å². The Balaban J connectivity index is 2.11. The third-order valence-corrected chi connectivity index (χ3v) is 6.07. The Hall–Kier alpha value is -2.64. The van der Waals surface area contributed by atoms with Crippen LogP contribution in [-0.2, 0) is 14.8 Å². The SMILES string of the molecule is CNS(=O)(=O)c1cc(/C=C/C(=O)NC(C)c2ccc(C(C)C)cc2)ccc1OC. The van der Waals surface area contributed by atoms with Gasteiger partial charge in [-0.05, 0) is 54.8 Å². The van der Waals surface area contributed by atoms with Crippen LogP contribution >= 0.6 is 0 Å². The molecule has 29 heavy (non-hydrogen) atoms. The largest absolute Gasteiger partial charge is 0.495 e. The van der Waals surface area contributed by atoms with Crippen LogP contribution in [0.2, 0.25) is 0 Å². The first-order valence-electron chi connectivity index (χ1n) is 9.38. The highest BCUT2D eigenvalue weighted by Gasteiger charge is 2.17. The van der Waals surface area contributed by atoms with Crippen LogP contribution < -0.4 is 14.8 Å². The molecule has 1 unspecified atom stereocenters. The number of methoxy groups -OCH3 is 1. The standard InChI is InChI=1S/C22H28N2O4S/c1-15(2)18-8-10-19(11-9-18)16(3)24-22(25)13-7-17-6-12-20(28-5)21(14-17)29(26,27)23-4/h6-16,23H,1-5H3,(H,24,25)/b13-7+. The summed E-state index contributed by atoms with van der Waals surface area (Å²) in [5.74, 6) is 0.427. The minimum Gasteiger partial charge on any atom is -0.495 e. The first-order chi connectivity index (χ1) is 13.7. The monoisotopic (exact) mass is 416 g/mol. The maximum absolute atomic E-state index is 12.3. The molecule has 2 aromatic carbocycles. The number of hydrogen-bond donors (Lipinski definition) is 2. The summed E-state index contributed by atoms with van der Waals surface area (Å²) in [6.07, 6.45) is 2.95. The van der Waals surface area contributed by atoms with Gasteiger partial charge in [0.2, 0.25) is 15.9 Å². The molecule has 0 radical (unpaired) electrons. The number of sulfonamides is 1. The van der Waals surface area contributed by atoms with Crippen molar-refractivity contribution in [2.24, 2.45) is 0 Å². The summed E-state index contributed by atoms with van der Waals surface area (Å²) in [4.78, 5) is 12.3. The van der Waals surface area contributed by atoms with Gasteiger partial charge in [0.05, 0.1) is 13.2 Å². The Morgan fingerprint density at radius 3 is 2.21 bits per heavy atom. The second kappa shape index (κ2) is 9.71. The molecule has 156 valence electrons. The lowest BCUT2D eigenvalue weighted by Gasteiger charge is -2.14. The number of benzene rings is 2. The normalized spacial score (nSPS) is 12.9. The zero-order valence-corrected chi connectivity index (χ0v) is 18.2. The fourth-order valence-corrected chi connectivity index (χ4v) is 3.73. The number of nitrogens with one attached hydrogen (secondary N) is 2. The van der Waals surface area contributed by atoms with E-state index in [4.69, 9.17) is 4.74 Å². The molecule has 0 heterocycles. The Labute approximate surface area is 173 Å². The third kappa shape index (κ3) is 5.92. The summed E-state index contributed by atoms with van der Waals surface area (Å²) >= 11 is 0. The molecule has 0 bridgehead atoms. The molecular weight excluding hydrogens is 388 g/mol. The van der Waals surface area contributed by atoms with Gasteiger partial charge < -0.3 is 10.1 Å². The molecule has 0 aliphatic carbocycles.